The second kappa shape index (κ2) is 3.21. The summed E-state index contributed by atoms with van der Waals surface area (Å²) < 4.78 is 0. The van der Waals surface area contributed by atoms with Crippen molar-refractivity contribution in [1.82, 2.24) is 5.32 Å². The average Bonchev–Trinajstić information content (AvgIpc) is 2.78. The van der Waals surface area contributed by atoms with Crippen LogP contribution in [-0.2, 0) is 0 Å². The molecule has 82 valence electrons. The lowest BCUT2D eigenvalue weighted by Crippen LogP contribution is -2.43. The first-order valence-electron chi connectivity index (χ1n) is 5.87. The minimum Gasteiger partial charge on any atom is -0.388 e. The van der Waals surface area contributed by atoms with Crippen LogP contribution in [0.3, 0.4) is 0 Å². The average molecular weight is 197 g/mol. The Morgan fingerprint density at radius 1 is 1.36 bits per heavy atom. The Bertz CT molecular complexity index is 222. The van der Waals surface area contributed by atoms with Crippen LogP contribution >= 0.6 is 0 Å². The van der Waals surface area contributed by atoms with Crippen LogP contribution in [0.25, 0.3) is 0 Å². The van der Waals surface area contributed by atoms with E-state index in [1.807, 2.05) is 0 Å². The van der Waals surface area contributed by atoms with Gasteiger partial charge in [-0.1, -0.05) is 20.8 Å². The van der Waals surface area contributed by atoms with E-state index in [1.54, 1.807) is 0 Å². The number of hydrogen-bond donors (Lipinski definition) is 2. The zero-order chi connectivity index (χ0) is 10.4. The second-order valence-electron chi connectivity index (χ2n) is 6.20. The van der Waals surface area contributed by atoms with Crippen LogP contribution in [0.15, 0.2) is 0 Å². The molecule has 0 radical (unpaired) electrons. The standard InChI is InChI=1S/C12H23NO/c1-9-6-11(2,3)7-12(9,14)8-13-10-4-5-10/h9-10,13-14H,4-8H2,1-3H3. The molecule has 2 saturated carbocycles. The van der Waals surface area contributed by atoms with E-state index in [9.17, 15) is 5.11 Å². The topological polar surface area (TPSA) is 32.3 Å². The summed E-state index contributed by atoms with van der Waals surface area (Å²) in [5.74, 6) is 0.434. The van der Waals surface area contributed by atoms with Gasteiger partial charge in [-0.25, -0.2) is 0 Å². The first kappa shape index (κ1) is 10.4. The van der Waals surface area contributed by atoms with Gasteiger partial charge in [0.2, 0.25) is 0 Å². The molecular formula is C12H23NO. The van der Waals surface area contributed by atoms with Gasteiger partial charge in [-0.3, -0.25) is 0 Å². The molecule has 0 saturated heterocycles. The molecule has 0 aromatic heterocycles. The monoisotopic (exact) mass is 197 g/mol. The molecule has 2 atom stereocenters. The fraction of sp³-hybridized carbons (Fsp3) is 1.00. The molecule has 2 N–H and O–H groups in total. The number of rotatable bonds is 3. The van der Waals surface area contributed by atoms with Crippen molar-refractivity contribution in [3.63, 3.8) is 0 Å². The SMILES string of the molecule is CC1CC(C)(C)CC1(O)CNC1CC1. The maximum atomic E-state index is 10.5. The highest BCUT2D eigenvalue weighted by atomic mass is 16.3. The largest absolute Gasteiger partial charge is 0.388 e. The Morgan fingerprint density at radius 3 is 2.43 bits per heavy atom. The highest BCUT2D eigenvalue weighted by Gasteiger charge is 2.47. The zero-order valence-corrected chi connectivity index (χ0v) is 9.64. The van der Waals surface area contributed by atoms with Crippen LogP contribution in [-0.4, -0.2) is 23.3 Å². The van der Waals surface area contributed by atoms with Gasteiger partial charge in [-0.05, 0) is 37.0 Å². The van der Waals surface area contributed by atoms with E-state index >= 15 is 0 Å². The summed E-state index contributed by atoms with van der Waals surface area (Å²) in [6.45, 7) is 7.50. The maximum Gasteiger partial charge on any atom is 0.0802 e. The second-order valence-corrected chi connectivity index (χ2v) is 6.20. The minimum atomic E-state index is -0.452. The summed E-state index contributed by atoms with van der Waals surface area (Å²) in [7, 11) is 0. The van der Waals surface area contributed by atoms with Crippen molar-refractivity contribution in [2.75, 3.05) is 6.54 Å². The van der Waals surface area contributed by atoms with Gasteiger partial charge in [0, 0.05) is 12.6 Å². The van der Waals surface area contributed by atoms with Crippen molar-refractivity contribution < 1.29 is 5.11 Å². The lowest BCUT2D eigenvalue weighted by atomic mass is 9.89. The molecule has 2 aliphatic carbocycles. The third-order valence-corrected chi connectivity index (χ3v) is 3.83. The smallest absolute Gasteiger partial charge is 0.0802 e. The van der Waals surface area contributed by atoms with E-state index in [0.29, 0.717) is 17.4 Å². The quantitative estimate of drug-likeness (QED) is 0.724. The fourth-order valence-electron chi connectivity index (χ4n) is 2.94. The molecule has 0 spiro atoms. The van der Waals surface area contributed by atoms with Gasteiger partial charge in [-0.2, -0.15) is 0 Å². The molecule has 0 aromatic rings. The molecule has 0 aliphatic heterocycles. The summed E-state index contributed by atoms with van der Waals surface area (Å²) >= 11 is 0. The molecule has 2 unspecified atom stereocenters. The highest BCUT2D eigenvalue weighted by Crippen LogP contribution is 2.47. The van der Waals surface area contributed by atoms with E-state index < -0.39 is 5.60 Å². The normalized spacial score (nSPS) is 41.6. The lowest BCUT2D eigenvalue weighted by molar-refractivity contribution is 0.00460. The summed E-state index contributed by atoms with van der Waals surface area (Å²) in [5.41, 5.74) is -0.133. The van der Waals surface area contributed by atoms with Crippen molar-refractivity contribution >= 4 is 0 Å². The van der Waals surface area contributed by atoms with E-state index in [2.05, 4.69) is 26.1 Å². The third kappa shape index (κ3) is 2.12. The van der Waals surface area contributed by atoms with Crippen LogP contribution in [0.2, 0.25) is 0 Å². The molecular weight excluding hydrogens is 174 g/mol. The summed E-state index contributed by atoms with van der Waals surface area (Å²) in [6, 6.07) is 0.704. The van der Waals surface area contributed by atoms with Crippen LogP contribution in [0.4, 0.5) is 0 Å². The van der Waals surface area contributed by atoms with E-state index in [1.165, 1.54) is 12.8 Å². The van der Waals surface area contributed by atoms with Crippen molar-refractivity contribution in [1.29, 1.82) is 0 Å². The van der Waals surface area contributed by atoms with Crippen molar-refractivity contribution in [2.24, 2.45) is 11.3 Å². The number of aliphatic hydroxyl groups is 1. The lowest BCUT2D eigenvalue weighted by Gasteiger charge is -2.28. The van der Waals surface area contributed by atoms with Gasteiger partial charge in [0.25, 0.3) is 0 Å². The zero-order valence-electron chi connectivity index (χ0n) is 9.64. The van der Waals surface area contributed by atoms with Gasteiger partial charge in [0.15, 0.2) is 0 Å². The molecule has 14 heavy (non-hydrogen) atoms. The Balaban J connectivity index is 1.92. The predicted molar refractivity (Wildman–Crippen MR) is 58.2 cm³/mol. The van der Waals surface area contributed by atoms with Gasteiger partial charge < -0.3 is 10.4 Å². The van der Waals surface area contributed by atoms with E-state index in [0.717, 1.165) is 19.4 Å². The molecule has 2 nitrogen and oxygen atoms in total. The molecule has 2 heteroatoms. The minimum absolute atomic E-state index is 0.319. The molecule has 2 aliphatic rings. The van der Waals surface area contributed by atoms with Crippen molar-refractivity contribution in [2.45, 2.75) is 58.1 Å². The first-order valence-corrected chi connectivity index (χ1v) is 5.87. The van der Waals surface area contributed by atoms with Gasteiger partial charge >= 0.3 is 0 Å². The van der Waals surface area contributed by atoms with Crippen molar-refractivity contribution in [3.05, 3.63) is 0 Å². The molecule has 0 amide bonds. The van der Waals surface area contributed by atoms with Crippen molar-refractivity contribution in [3.8, 4) is 0 Å². The summed E-state index contributed by atoms with van der Waals surface area (Å²) in [5, 5.41) is 14.0. The Morgan fingerprint density at radius 2 is 2.00 bits per heavy atom. The van der Waals surface area contributed by atoms with E-state index in [-0.39, 0.29) is 0 Å². The van der Waals surface area contributed by atoms with E-state index in [4.69, 9.17) is 0 Å². The Labute approximate surface area is 87.1 Å². The number of hydrogen-bond acceptors (Lipinski definition) is 2. The molecule has 0 aromatic carbocycles. The van der Waals surface area contributed by atoms with Crippen LogP contribution < -0.4 is 5.32 Å². The molecule has 2 fully saturated rings. The number of nitrogens with one attached hydrogen (secondary N) is 1. The molecule has 2 rings (SSSR count). The van der Waals surface area contributed by atoms with Crippen LogP contribution in [0.5, 0.6) is 0 Å². The summed E-state index contributed by atoms with van der Waals surface area (Å²) in [4.78, 5) is 0. The van der Waals surface area contributed by atoms with Gasteiger partial charge in [-0.15, -0.1) is 0 Å². The maximum absolute atomic E-state index is 10.5. The third-order valence-electron chi connectivity index (χ3n) is 3.83. The Hall–Kier alpha value is -0.0800. The Kier molecular flexibility index (Phi) is 2.39. The summed E-state index contributed by atoms with van der Waals surface area (Å²) in [6.07, 6.45) is 4.69. The fourth-order valence-corrected chi connectivity index (χ4v) is 2.94. The van der Waals surface area contributed by atoms with Gasteiger partial charge in [0.1, 0.15) is 0 Å². The predicted octanol–water partition coefficient (Wildman–Crippen LogP) is 1.93. The van der Waals surface area contributed by atoms with Crippen LogP contribution in [0.1, 0.15) is 46.5 Å². The first-order chi connectivity index (χ1) is 6.41. The van der Waals surface area contributed by atoms with Crippen LogP contribution in [0, 0.1) is 11.3 Å². The highest BCUT2D eigenvalue weighted by molar-refractivity contribution is 5.00. The molecule has 0 heterocycles. The molecule has 0 bridgehead atoms. The van der Waals surface area contributed by atoms with Gasteiger partial charge in [0.05, 0.1) is 5.60 Å².